The zero-order valence-electron chi connectivity index (χ0n) is 7.52. The molecule has 4 heteroatoms. The van der Waals surface area contributed by atoms with Crippen molar-refractivity contribution >= 4 is 22.9 Å². The molecule has 0 aliphatic rings. The van der Waals surface area contributed by atoms with E-state index in [2.05, 4.69) is 17.2 Å². The SMILES string of the molecule is CNC(C)c1nc(C)c(CCl)s1. The molecule has 68 valence electrons. The molecule has 1 rings (SSSR count). The van der Waals surface area contributed by atoms with Gasteiger partial charge in [0.05, 0.1) is 17.6 Å². The summed E-state index contributed by atoms with van der Waals surface area (Å²) >= 11 is 7.43. The number of nitrogens with one attached hydrogen (secondary N) is 1. The van der Waals surface area contributed by atoms with E-state index in [1.165, 1.54) is 4.88 Å². The van der Waals surface area contributed by atoms with Crippen LogP contribution in [0.3, 0.4) is 0 Å². The highest BCUT2D eigenvalue weighted by Gasteiger charge is 2.10. The summed E-state index contributed by atoms with van der Waals surface area (Å²) in [6.07, 6.45) is 0. The molecule has 1 aromatic rings. The lowest BCUT2D eigenvalue weighted by molar-refractivity contribution is 0.646. The van der Waals surface area contributed by atoms with E-state index in [4.69, 9.17) is 11.6 Å². The van der Waals surface area contributed by atoms with Crippen molar-refractivity contribution in [3.8, 4) is 0 Å². The van der Waals surface area contributed by atoms with Crippen molar-refractivity contribution in [2.24, 2.45) is 0 Å². The number of rotatable bonds is 3. The van der Waals surface area contributed by atoms with E-state index in [0.29, 0.717) is 11.9 Å². The van der Waals surface area contributed by atoms with Crippen molar-refractivity contribution in [2.45, 2.75) is 25.8 Å². The van der Waals surface area contributed by atoms with Crippen LogP contribution in [0.5, 0.6) is 0 Å². The molecular formula is C8H13ClN2S. The summed E-state index contributed by atoms with van der Waals surface area (Å²) in [4.78, 5) is 5.60. The number of hydrogen-bond acceptors (Lipinski definition) is 3. The Morgan fingerprint density at radius 2 is 2.33 bits per heavy atom. The second kappa shape index (κ2) is 4.21. The third-order valence-electron chi connectivity index (χ3n) is 1.83. The minimum Gasteiger partial charge on any atom is -0.311 e. The first-order chi connectivity index (χ1) is 5.69. The first-order valence-corrected chi connectivity index (χ1v) is 5.23. The van der Waals surface area contributed by atoms with Gasteiger partial charge in [0, 0.05) is 4.88 Å². The zero-order valence-corrected chi connectivity index (χ0v) is 9.09. The fraction of sp³-hybridized carbons (Fsp3) is 0.625. The topological polar surface area (TPSA) is 24.9 Å². The number of halogens is 1. The maximum Gasteiger partial charge on any atom is 0.110 e. The van der Waals surface area contributed by atoms with Gasteiger partial charge in [-0.2, -0.15) is 0 Å². The Balaban J connectivity index is 2.88. The van der Waals surface area contributed by atoms with E-state index in [-0.39, 0.29) is 0 Å². The second-order valence-electron chi connectivity index (χ2n) is 2.70. The largest absolute Gasteiger partial charge is 0.311 e. The Morgan fingerprint density at radius 1 is 1.67 bits per heavy atom. The molecule has 0 saturated carbocycles. The molecule has 0 saturated heterocycles. The number of alkyl halides is 1. The maximum absolute atomic E-state index is 5.74. The second-order valence-corrected chi connectivity index (χ2v) is 4.09. The number of aryl methyl sites for hydroxylation is 1. The Hall–Kier alpha value is -0.120. The third-order valence-corrected chi connectivity index (χ3v) is 3.60. The number of aromatic nitrogens is 1. The van der Waals surface area contributed by atoms with E-state index in [0.717, 1.165) is 10.7 Å². The summed E-state index contributed by atoms with van der Waals surface area (Å²) in [5.74, 6) is 0.569. The van der Waals surface area contributed by atoms with Crippen LogP contribution in [-0.2, 0) is 5.88 Å². The van der Waals surface area contributed by atoms with Crippen LogP contribution in [0.15, 0.2) is 0 Å². The standard InChI is InChI=1S/C8H13ClN2S/c1-5-7(4-9)12-8(11-5)6(2)10-3/h6,10H,4H2,1-3H3. The van der Waals surface area contributed by atoms with Crippen molar-refractivity contribution in [3.05, 3.63) is 15.6 Å². The number of nitrogens with zero attached hydrogens (tertiary/aromatic N) is 1. The van der Waals surface area contributed by atoms with Crippen LogP contribution < -0.4 is 5.32 Å². The van der Waals surface area contributed by atoms with E-state index >= 15 is 0 Å². The molecule has 0 bridgehead atoms. The zero-order chi connectivity index (χ0) is 9.14. The van der Waals surface area contributed by atoms with Crippen molar-refractivity contribution in [3.63, 3.8) is 0 Å². The Labute approximate surface area is 82.0 Å². The molecule has 0 aromatic carbocycles. The summed E-state index contributed by atoms with van der Waals surface area (Å²) < 4.78 is 0. The van der Waals surface area contributed by atoms with Crippen LogP contribution in [-0.4, -0.2) is 12.0 Å². The molecule has 1 heterocycles. The van der Waals surface area contributed by atoms with Gasteiger partial charge in [-0.25, -0.2) is 4.98 Å². The van der Waals surface area contributed by atoms with Gasteiger partial charge in [0.1, 0.15) is 5.01 Å². The van der Waals surface area contributed by atoms with Gasteiger partial charge in [0.15, 0.2) is 0 Å². The molecule has 12 heavy (non-hydrogen) atoms. The van der Waals surface area contributed by atoms with Gasteiger partial charge in [-0.3, -0.25) is 0 Å². The summed E-state index contributed by atoms with van der Waals surface area (Å²) in [7, 11) is 1.93. The molecule has 1 aromatic heterocycles. The van der Waals surface area contributed by atoms with Gasteiger partial charge in [0.25, 0.3) is 0 Å². The van der Waals surface area contributed by atoms with Crippen LogP contribution in [0.1, 0.15) is 28.5 Å². The highest BCUT2D eigenvalue weighted by molar-refractivity contribution is 7.12. The lowest BCUT2D eigenvalue weighted by Gasteiger charge is -2.03. The molecule has 1 N–H and O–H groups in total. The molecule has 0 amide bonds. The van der Waals surface area contributed by atoms with Crippen molar-refractivity contribution in [1.29, 1.82) is 0 Å². The third kappa shape index (κ3) is 1.97. The Morgan fingerprint density at radius 3 is 2.75 bits per heavy atom. The Bertz CT molecular complexity index is 260. The first-order valence-electron chi connectivity index (χ1n) is 3.88. The van der Waals surface area contributed by atoms with E-state index in [1.54, 1.807) is 11.3 Å². The highest BCUT2D eigenvalue weighted by atomic mass is 35.5. The molecule has 1 atom stereocenters. The van der Waals surface area contributed by atoms with Crippen molar-refractivity contribution < 1.29 is 0 Å². The number of thiazole rings is 1. The fourth-order valence-electron chi connectivity index (χ4n) is 0.883. The molecule has 0 spiro atoms. The predicted molar refractivity (Wildman–Crippen MR) is 53.9 cm³/mol. The van der Waals surface area contributed by atoms with Crippen LogP contribution in [0.25, 0.3) is 0 Å². The van der Waals surface area contributed by atoms with Crippen LogP contribution >= 0.6 is 22.9 Å². The van der Waals surface area contributed by atoms with E-state index in [9.17, 15) is 0 Å². The molecular weight excluding hydrogens is 192 g/mol. The van der Waals surface area contributed by atoms with Gasteiger partial charge in [0.2, 0.25) is 0 Å². The average Bonchev–Trinajstić information content (AvgIpc) is 2.45. The number of hydrogen-bond donors (Lipinski definition) is 1. The quantitative estimate of drug-likeness (QED) is 0.766. The van der Waals surface area contributed by atoms with Gasteiger partial charge >= 0.3 is 0 Å². The molecule has 1 unspecified atom stereocenters. The molecule has 0 radical (unpaired) electrons. The summed E-state index contributed by atoms with van der Waals surface area (Å²) in [6, 6.07) is 0.325. The van der Waals surface area contributed by atoms with Gasteiger partial charge in [-0.05, 0) is 20.9 Å². The minimum absolute atomic E-state index is 0.325. The van der Waals surface area contributed by atoms with Gasteiger partial charge < -0.3 is 5.32 Å². The van der Waals surface area contributed by atoms with Crippen LogP contribution in [0, 0.1) is 6.92 Å². The van der Waals surface area contributed by atoms with E-state index < -0.39 is 0 Å². The van der Waals surface area contributed by atoms with Gasteiger partial charge in [-0.1, -0.05) is 0 Å². The lowest BCUT2D eigenvalue weighted by atomic mass is 10.3. The van der Waals surface area contributed by atoms with Crippen LogP contribution in [0.2, 0.25) is 0 Å². The minimum atomic E-state index is 0.325. The lowest BCUT2D eigenvalue weighted by Crippen LogP contribution is -2.11. The Kier molecular flexibility index (Phi) is 3.50. The smallest absolute Gasteiger partial charge is 0.110 e. The predicted octanol–water partition coefficient (Wildman–Crippen LogP) is 2.47. The summed E-state index contributed by atoms with van der Waals surface area (Å²) in [5, 5.41) is 4.27. The fourth-order valence-corrected chi connectivity index (χ4v) is 2.22. The highest BCUT2D eigenvalue weighted by Crippen LogP contribution is 2.24. The molecule has 0 aliphatic heterocycles. The summed E-state index contributed by atoms with van der Waals surface area (Å²) in [5.41, 5.74) is 1.06. The van der Waals surface area contributed by atoms with E-state index in [1.807, 2.05) is 14.0 Å². The normalized spacial score (nSPS) is 13.3. The van der Waals surface area contributed by atoms with Crippen LogP contribution in [0.4, 0.5) is 0 Å². The molecule has 0 aliphatic carbocycles. The summed E-state index contributed by atoms with van der Waals surface area (Å²) in [6.45, 7) is 4.09. The maximum atomic E-state index is 5.74. The average molecular weight is 205 g/mol. The van der Waals surface area contributed by atoms with Gasteiger partial charge in [-0.15, -0.1) is 22.9 Å². The van der Waals surface area contributed by atoms with Crippen molar-refractivity contribution in [1.82, 2.24) is 10.3 Å². The van der Waals surface area contributed by atoms with Crippen molar-refractivity contribution in [2.75, 3.05) is 7.05 Å². The molecule has 2 nitrogen and oxygen atoms in total. The monoisotopic (exact) mass is 204 g/mol. The first kappa shape index (κ1) is 9.96. The molecule has 0 fully saturated rings.